The number of nitrogens with zero attached hydrogens (tertiary/aromatic N) is 3. The molecule has 9 heteroatoms. The Morgan fingerprint density at radius 1 is 1.42 bits per heavy atom. The third-order valence-corrected chi connectivity index (χ3v) is 3.91. The number of benzene rings is 1. The van der Waals surface area contributed by atoms with Gasteiger partial charge in [0.2, 0.25) is 5.89 Å². The lowest BCUT2D eigenvalue weighted by Gasteiger charge is -2.22. The Hall–Kier alpha value is -2.60. The first-order valence-corrected chi connectivity index (χ1v) is 8.67. The Labute approximate surface area is 159 Å². The smallest absolute Gasteiger partial charge is 0.258 e. The Morgan fingerprint density at radius 2 is 2.15 bits per heavy atom. The first-order chi connectivity index (χ1) is 12.3. The van der Waals surface area contributed by atoms with Crippen LogP contribution in [0.15, 0.2) is 21.1 Å². The van der Waals surface area contributed by atoms with Crippen LogP contribution in [-0.4, -0.2) is 29.3 Å². The first kappa shape index (κ1) is 19.7. The monoisotopic (exact) mass is 422 g/mol. The van der Waals surface area contributed by atoms with Gasteiger partial charge in [0, 0.05) is 13.0 Å². The molecule has 1 aromatic carbocycles. The summed E-state index contributed by atoms with van der Waals surface area (Å²) >= 11 is 3.34. The van der Waals surface area contributed by atoms with Gasteiger partial charge in [0.15, 0.2) is 23.9 Å². The normalized spacial score (nSPS) is 10.9. The number of nitriles is 1. The molecular weight excluding hydrogens is 404 g/mol. The van der Waals surface area contributed by atoms with Crippen molar-refractivity contribution in [2.75, 3.05) is 13.2 Å². The molecule has 2 aromatic rings. The molecule has 8 nitrogen and oxygen atoms in total. The predicted molar refractivity (Wildman–Crippen MR) is 95.7 cm³/mol. The van der Waals surface area contributed by atoms with Gasteiger partial charge >= 0.3 is 0 Å². The molecule has 26 heavy (non-hydrogen) atoms. The van der Waals surface area contributed by atoms with E-state index in [1.165, 1.54) is 0 Å². The van der Waals surface area contributed by atoms with Crippen LogP contribution in [0, 0.1) is 18.3 Å². The molecule has 0 aliphatic heterocycles. The second-order valence-corrected chi connectivity index (χ2v) is 6.78. The summed E-state index contributed by atoms with van der Waals surface area (Å²) in [6, 6.07) is 5.20. The third kappa shape index (κ3) is 4.73. The number of rotatable bonds is 7. The summed E-state index contributed by atoms with van der Waals surface area (Å²) in [5.74, 6) is 1.17. The van der Waals surface area contributed by atoms with Gasteiger partial charge in [-0.3, -0.25) is 4.79 Å². The standard InChI is InChI=1S/C17H19BrN4O4/c1-5-24-13-7-11(8-19)6-12(18)15(13)25-9-14(23)21-17(3,4)16-20-10(2)26-22-16/h6-7H,5,9H2,1-4H3,(H,21,23). The van der Waals surface area contributed by atoms with E-state index >= 15 is 0 Å². The van der Waals surface area contributed by atoms with Gasteiger partial charge in [0.1, 0.15) is 0 Å². The van der Waals surface area contributed by atoms with Crippen LogP contribution in [0.1, 0.15) is 38.0 Å². The molecule has 0 aliphatic carbocycles. The van der Waals surface area contributed by atoms with Crippen molar-refractivity contribution in [2.45, 2.75) is 33.2 Å². The number of ether oxygens (including phenoxy) is 2. The van der Waals surface area contributed by atoms with Crippen molar-refractivity contribution in [3.05, 3.63) is 33.9 Å². The number of nitrogens with one attached hydrogen (secondary N) is 1. The van der Waals surface area contributed by atoms with Crippen molar-refractivity contribution in [2.24, 2.45) is 0 Å². The number of aromatic nitrogens is 2. The fourth-order valence-corrected chi connectivity index (χ4v) is 2.72. The summed E-state index contributed by atoms with van der Waals surface area (Å²) in [6.07, 6.45) is 0. The number of aryl methyl sites for hydroxylation is 1. The third-order valence-electron chi connectivity index (χ3n) is 3.32. The minimum Gasteiger partial charge on any atom is -0.490 e. The summed E-state index contributed by atoms with van der Waals surface area (Å²) in [5, 5.41) is 15.7. The Kier molecular flexibility index (Phi) is 6.21. The molecule has 0 saturated carbocycles. The minimum absolute atomic E-state index is 0.245. The minimum atomic E-state index is -0.817. The summed E-state index contributed by atoms with van der Waals surface area (Å²) in [5.41, 5.74) is -0.395. The van der Waals surface area contributed by atoms with Crippen LogP contribution in [0.2, 0.25) is 0 Å². The van der Waals surface area contributed by atoms with E-state index in [2.05, 4.69) is 31.4 Å². The Balaban J connectivity index is 2.08. The molecule has 0 radical (unpaired) electrons. The zero-order valence-electron chi connectivity index (χ0n) is 14.9. The first-order valence-electron chi connectivity index (χ1n) is 7.88. The molecule has 0 fully saturated rings. The predicted octanol–water partition coefficient (Wildman–Crippen LogP) is 2.84. The van der Waals surface area contributed by atoms with E-state index in [0.717, 1.165) is 0 Å². The van der Waals surface area contributed by atoms with Crippen LogP contribution in [-0.2, 0) is 10.3 Å². The van der Waals surface area contributed by atoms with Crippen LogP contribution in [0.4, 0.5) is 0 Å². The number of carbonyl (C=O) groups is 1. The molecule has 2 rings (SSSR count). The lowest BCUT2D eigenvalue weighted by Crippen LogP contribution is -2.44. The van der Waals surface area contributed by atoms with E-state index in [0.29, 0.717) is 39.9 Å². The lowest BCUT2D eigenvalue weighted by atomic mass is 10.1. The summed E-state index contributed by atoms with van der Waals surface area (Å²) < 4.78 is 16.6. The van der Waals surface area contributed by atoms with Gasteiger partial charge < -0.3 is 19.3 Å². The highest BCUT2D eigenvalue weighted by Gasteiger charge is 2.28. The maximum Gasteiger partial charge on any atom is 0.258 e. The van der Waals surface area contributed by atoms with E-state index in [1.807, 2.05) is 13.0 Å². The second kappa shape index (κ2) is 8.19. The fraction of sp³-hybridized carbons (Fsp3) is 0.412. The molecule has 1 heterocycles. The molecule has 0 spiro atoms. The van der Waals surface area contributed by atoms with Gasteiger partial charge in [0.05, 0.1) is 28.3 Å². The van der Waals surface area contributed by atoms with Crippen molar-refractivity contribution in [1.29, 1.82) is 5.26 Å². The molecular formula is C17H19BrN4O4. The number of halogens is 1. The van der Waals surface area contributed by atoms with Gasteiger partial charge in [-0.05, 0) is 42.8 Å². The highest BCUT2D eigenvalue weighted by molar-refractivity contribution is 9.10. The Bertz CT molecular complexity index is 842. The summed E-state index contributed by atoms with van der Waals surface area (Å²) in [6.45, 7) is 7.17. The highest BCUT2D eigenvalue weighted by Crippen LogP contribution is 2.36. The molecule has 0 bridgehead atoms. The van der Waals surface area contributed by atoms with Crippen molar-refractivity contribution < 1.29 is 18.8 Å². The van der Waals surface area contributed by atoms with E-state index in [4.69, 9.17) is 19.3 Å². The summed E-state index contributed by atoms with van der Waals surface area (Å²) in [7, 11) is 0. The molecule has 0 atom stereocenters. The van der Waals surface area contributed by atoms with Crippen molar-refractivity contribution in [3.8, 4) is 17.6 Å². The largest absolute Gasteiger partial charge is 0.490 e. The van der Waals surface area contributed by atoms with Crippen molar-refractivity contribution in [3.63, 3.8) is 0 Å². The Morgan fingerprint density at radius 3 is 2.73 bits per heavy atom. The fourth-order valence-electron chi connectivity index (χ4n) is 2.17. The van der Waals surface area contributed by atoms with Gasteiger partial charge in [-0.25, -0.2) is 0 Å². The molecule has 1 aromatic heterocycles. The van der Waals surface area contributed by atoms with Gasteiger partial charge in [-0.2, -0.15) is 10.2 Å². The van der Waals surface area contributed by atoms with Crippen molar-refractivity contribution in [1.82, 2.24) is 15.5 Å². The summed E-state index contributed by atoms with van der Waals surface area (Å²) in [4.78, 5) is 16.4. The quantitative estimate of drug-likeness (QED) is 0.729. The highest BCUT2D eigenvalue weighted by atomic mass is 79.9. The van der Waals surface area contributed by atoms with E-state index in [9.17, 15) is 4.79 Å². The maximum absolute atomic E-state index is 12.3. The van der Waals surface area contributed by atoms with Gasteiger partial charge in [-0.15, -0.1) is 0 Å². The topological polar surface area (TPSA) is 110 Å². The molecule has 138 valence electrons. The van der Waals surface area contributed by atoms with Crippen LogP contribution in [0.25, 0.3) is 0 Å². The molecule has 1 N–H and O–H groups in total. The van der Waals surface area contributed by atoms with Crippen LogP contribution < -0.4 is 14.8 Å². The van der Waals surface area contributed by atoms with Crippen LogP contribution in [0.5, 0.6) is 11.5 Å². The molecule has 0 unspecified atom stereocenters. The lowest BCUT2D eigenvalue weighted by molar-refractivity contribution is -0.124. The molecule has 0 saturated heterocycles. The van der Waals surface area contributed by atoms with E-state index < -0.39 is 5.54 Å². The van der Waals surface area contributed by atoms with Crippen LogP contribution in [0.3, 0.4) is 0 Å². The van der Waals surface area contributed by atoms with Gasteiger partial charge in [-0.1, -0.05) is 5.16 Å². The van der Waals surface area contributed by atoms with E-state index in [-0.39, 0.29) is 12.5 Å². The SMILES string of the molecule is CCOc1cc(C#N)cc(Br)c1OCC(=O)NC(C)(C)c1noc(C)n1. The average Bonchev–Trinajstić information content (AvgIpc) is 3.01. The molecule has 0 aliphatic rings. The van der Waals surface area contributed by atoms with Gasteiger partial charge in [0.25, 0.3) is 5.91 Å². The second-order valence-electron chi connectivity index (χ2n) is 5.93. The zero-order valence-corrected chi connectivity index (χ0v) is 16.5. The number of hydrogen-bond donors (Lipinski definition) is 1. The number of carbonyl (C=O) groups excluding carboxylic acids is 1. The average molecular weight is 423 g/mol. The molecule has 1 amide bonds. The number of hydrogen-bond acceptors (Lipinski definition) is 7. The number of amides is 1. The van der Waals surface area contributed by atoms with Crippen LogP contribution >= 0.6 is 15.9 Å². The van der Waals surface area contributed by atoms with Crippen molar-refractivity contribution >= 4 is 21.8 Å². The zero-order chi connectivity index (χ0) is 19.3. The maximum atomic E-state index is 12.3. The van der Waals surface area contributed by atoms with E-state index in [1.54, 1.807) is 32.9 Å².